The van der Waals surface area contributed by atoms with E-state index in [4.69, 9.17) is 5.26 Å². The van der Waals surface area contributed by atoms with Gasteiger partial charge in [-0.15, -0.1) is 0 Å². The van der Waals surface area contributed by atoms with Gasteiger partial charge >= 0.3 is 0 Å². The zero-order valence-corrected chi connectivity index (χ0v) is 11.4. The molecule has 3 aromatic rings. The maximum atomic E-state index is 13.5. The molecule has 0 bridgehead atoms. The molecule has 0 amide bonds. The monoisotopic (exact) mass is 291 g/mol. The van der Waals surface area contributed by atoms with Gasteiger partial charge in [0.25, 0.3) is 0 Å². The van der Waals surface area contributed by atoms with Crippen LogP contribution in [0.3, 0.4) is 0 Å². The predicted octanol–water partition coefficient (Wildman–Crippen LogP) is 3.56. The number of aromatic nitrogens is 2. The first kappa shape index (κ1) is 13.7. The van der Waals surface area contributed by atoms with E-state index in [0.717, 1.165) is 11.8 Å². The molecule has 0 aliphatic rings. The van der Waals surface area contributed by atoms with Crippen LogP contribution in [0.15, 0.2) is 36.4 Å². The number of nitrogens with zero attached hydrogens (tertiary/aromatic N) is 2. The summed E-state index contributed by atoms with van der Waals surface area (Å²) in [6.07, 6.45) is 4.34. The number of fused-ring (bicyclic) bond motifs is 1. The van der Waals surface area contributed by atoms with Crippen LogP contribution in [0.25, 0.3) is 23.1 Å². The summed E-state index contributed by atoms with van der Waals surface area (Å²) in [6.45, 7) is 0. The van der Waals surface area contributed by atoms with Gasteiger partial charge in [0.05, 0.1) is 16.8 Å². The van der Waals surface area contributed by atoms with Gasteiger partial charge in [-0.05, 0) is 23.8 Å². The van der Waals surface area contributed by atoms with Crippen molar-refractivity contribution in [2.45, 2.75) is 0 Å². The molecule has 0 atom stereocenters. The number of aldehydes is 1. The summed E-state index contributed by atoms with van der Waals surface area (Å²) in [5.41, 5.74) is 2.54. The molecule has 106 valence electrons. The van der Waals surface area contributed by atoms with E-state index in [1.807, 2.05) is 12.1 Å². The first-order valence-corrected chi connectivity index (χ1v) is 6.52. The van der Waals surface area contributed by atoms with Crippen LogP contribution in [-0.4, -0.2) is 16.5 Å². The quantitative estimate of drug-likeness (QED) is 0.750. The molecule has 1 heterocycles. The summed E-state index contributed by atoms with van der Waals surface area (Å²) >= 11 is 0. The number of H-pyrrole nitrogens is 1. The highest BCUT2D eigenvalue weighted by Crippen LogP contribution is 2.22. The third-order valence-electron chi connectivity index (χ3n) is 3.28. The van der Waals surface area contributed by atoms with Gasteiger partial charge in [-0.3, -0.25) is 9.89 Å². The second kappa shape index (κ2) is 5.62. The largest absolute Gasteiger partial charge is 0.298 e. The average molecular weight is 291 g/mol. The summed E-state index contributed by atoms with van der Waals surface area (Å²) in [6, 6.07) is 11.7. The van der Waals surface area contributed by atoms with Gasteiger partial charge in [-0.25, -0.2) is 4.39 Å². The minimum atomic E-state index is -0.576. The third kappa shape index (κ3) is 2.50. The van der Waals surface area contributed by atoms with Crippen molar-refractivity contribution in [2.75, 3.05) is 0 Å². The van der Waals surface area contributed by atoms with E-state index in [0.29, 0.717) is 22.2 Å². The number of nitrogens with one attached hydrogen (secondary N) is 1. The highest BCUT2D eigenvalue weighted by atomic mass is 19.1. The molecule has 0 aliphatic carbocycles. The molecule has 5 heteroatoms. The maximum absolute atomic E-state index is 13.5. The highest BCUT2D eigenvalue weighted by Gasteiger charge is 2.09. The molecule has 3 rings (SSSR count). The summed E-state index contributed by atoms with van der Waals surface area (Å²) in [5.74, 6) is -0.576. The predicted molar refractivity (Wildman–Crippen MR) is 81.5 cm³/mol. The Morgan fingerprint density at radius 1 is 1.18 bits per heavy atom. The average Bonchev–Trinajstić information content (AvgIpc) is 2.94. The molecule has 0 saturated heterocycles. The molecule has 0 unspecified atom stereocenters. The molecule has 0 fully saturated rings. The minimum Gasteiger partial charge on any atom is -0.298 e. The third-order valence-corrected chi connectivity index (χ3v) is 3.28. The number of nitriles is 1. The number of aromatic amines is 1. The lowest BCUT2D eigenvalue weighted by atomic mass is 10.1. The molecule has 22 heavy (non-hydrogen) atoms. The SMILES string of the molecule is N#Cc1cc2c(C=Cc3cccc(C=O)c3)n[nH]c2cc1F. The van der Waals surface area contributed by atoms with Gasteiger partial charge in [0.1, 0.15) is 18.2 Å². The van der Waals surface area contributed by atoms with E-state index in [9.17, 15) is 9.18 Å². The number of hydrogen-bond acceptors (Lipinski definition) is 3. The van der Waals surface area contributed by atoms with Gasteiger partial charge in [0.2, 0.25) is 0 Å². The number of carbonyl (C=O) groups is 1. The van der Waals surface area contributed by atoms with Crippen LogP contribution in [0.5, 0.6) is 0 Å². The smallest absolute Gasteiger partial charge is 0.150 e. The van der Waals surface area contributed by atoms with Crippen LogP contribution in [0.1, 0.15) is 27.2 Å². The lowest BCUT2D eigenvalue weighted by Crippen LogP contribution is -1.83. The fraction of sp³-hybridized carbons (Fsp3) is 0. The second-order valence-corrected chi connectivity index (χ2v) is 4.72. The van der Waals surface area contributed by atoms with E-state index >= 15 is 0 Å². The maximum Gasteiger partial charge on any atom is 0.150 e. The van der Waals surface area contributed by atoms with Crippen LogP contribution >= 0.6 is 0 Å². The van der Waals surface area contributed by atoms with E-state index in [1.54, 1.807) is 30.4 Å². The Labute approximate surface area is 125 Å². The van der Waals surface area contributed by atoms with Gasteiger partial charge in [-0.1, -0.05) is 24.3 Å². The highest BCUT2D eigenvalue weighted by molar-refractivity contribution is 5.90. The summed E-state index contributed by atoms with van der Waals surface area (Å²) in [5, 5.41) is 16.4. The number of benzene rings is 2. The molecule has 1 N–H and O–H groups in total. The Kier molecular flexibility index (Phi) is 3.50. The van der Waals surface area contributed by atoms with Crippen molar-refractivity contribution in [1.82, 2.24) is 10.2 Å². The van der Waals surface area contributed by atoms with Crippen molar-refractivity contribution >= 4 is 29.3 Å². The Morgan fingerprint density at radius 2 is 2.00 bits per heavy atom. The van der Waals surface area contributed by atoms with Gasteiger partial charge in [0, 0.05) is 17.0 Å². The minimum absolute atomic E-state index is 0.0218. The van der Waals surface area contributed by atoms with Gasteiger partial charge in [-0.2, -0.15) is 10.4 Å². The zero-order valence-electron chi connectivity index (χ0n) is 11.4. The summed E-state index contributed by atoms with van der Waals surface area (Å²) < 4.78 is 13.5. The normalized spacial score (nSPS) is 10.9. The lowest BCUT2D eigenvalue weighted by Gasteiger charge is -1.96. The lowest BCUT2D eigenvalue weighted by molar-refractivity contribution is 0.112. The Hall–Kier alpha value is -3.26. The van der Waals surface area contributed by atoms with Gasteiger partial charge < -0.3 is 0 Å². The van der Waals surface area contributed by atoms with E-state index < -0.39 is 5.82 Å². The first-order valence-electron chi connectivity index (χ1n) is 6.52. The molecule has 2 aromatic carbocycles. The fourth-order valence-electron chi connectivity index (χ4n) is 2.18. The molecule has 0 saturated carbocycles. The van der Waals surface area contributed by atoms with Crippen molar-refractivity contribution in [3.05, 3.63) is 64.6 Å². The Bertz CT molecular complexity index is 935. The van der Waals surface area contributed by atoms with E-state index in [1.165, 1.54) is 12.1 Å². The van der Waals surface area contributed by atoms with Crippen molar-refractivity contribution in [1.29, 1.82) is 5.26 Å². The molecular formula is C17H10FN3O. The topological polar surface area (TPSA) is 69.5 Å². The number of carbonyl (C=O) groups excluding carboxylic acids is 1. The molecule has 4 nitrogen and oxygen atoms in total. The molecule has 0 spiro atoms. The Balaban J connectivity index is 2.01. The fourth-order valence-corrected chi connectivity index (χ4v) is 2.18. The standard InChI is InChI=1S/C17H10FN3O/c18-15-8-17-14(7-13(15)9-19)16(20-21-17)5-4-11-2-1-3-12(6-11)10-22/h1-8,10H,(H,20,21). The zero-order chi connectivity index (χ0) is 15.5. The van der Waals surface area contributed by atoms with Crippen molar-refractivity contribution < 1.29 is 9.18 Å². The van der Waals surface area contributed by atoms with Crippen molar-refractivity contribution in [2.24, 2.45) is 0 Å². The number of halogens is 1. The second-order valence-electron chi connectivity index (χ2n) is 4.72. The van der Waals surface area contributed by atoms with Gasteiger partial charge in [0.15, 0.2) is 0 Å². The van der Waals surface area contributed by atoms with Crippen LogP contribution in [0.2, 0.25) is 0 Å². The molecule has 0 radical (unpaired) electrons. The molecular weight excluding hydrogens is 281 g/mol. The van der Waals surface area contributed by atoms with Crippen LogP contribution < -0.4 is 0 Å². The van der Waals surface area contributed by atoms with Crippen molar-refractivity contribution in [3.8, 4) is 6.07 Å². The number of hydrogen-bond donors (Lipinski definition) is 1. The molecule has 1 aromatic heterocycles. The number of rotatable bonds is 3. The van der Waals surface area contributed by atoms with Crippen LogP contribution in [-0.2, 0) is 0 Å². The van der Waals surface area contributed by atoms with E-state index in [2.05, 4.69) is 10.2 Å². The summed E-state index contributed by atoms with van der Waals surface area (Å²) in [7, 11) is 0. The molecule has 0 aliphatic heterocycles. The van der Waals surface area contributed by atoms with Crippen LogP contribution in [0.4, 0.5) is 4.39 Å². The first-order chi connectivity index (χ1) is 10.7. The van der Waals surface area contributed by atoms with E-state index in [-0.39, 0.29) is 5.56 Å². The van der Waals surface area contributed by atoms with Crippen LogP contribution in [0, 0.1) is 17.1 Å². The Morgan fingerprint density at radius 3 is 2.77 bits per heavy atom. The summed E-state index contributed by atoms with van der Waals surface area (Å²) in [4.78, 5) is 10.8. The van der Waals surface area contributed by atoms with Crippen molar-refractivity contribution in [3.63, 3.8) is 0 Å².